The van der Waals surface area contributed by atoms with Gasteiger partial charge in [-0.25, -0.2) is 4.79 Å². The van der Waals surface area contributed by atoms with Crippen molar-refractivity contribution in [2.75, 3.05) is 27.4 Å². The molecule has 0 aliphatic rings. The molecular formula is C24H28N2O6. The van der Waals surface area contributed by atoms with Gasteiger partial charge in [-0.1, -0.05) is 25.1 Å². The van der Waals surface area contributed by atoms with Gasteiger partial charge in [-0.15, -0.1) is 0 Å². The molecule has 0 atom stereocenters. The number of rotatable bonds is 11. The summed E-state index contributed by atoms with van der Waals surface area (Å²) in [7, 11) is 3.15. The molecule has 3 aromatic rings. The first-order chi connectivity index (χ1) is 15.5. The van der Waals surface area contributed by atoms with Gasteiger partial charge in [-0.3, -0.25) is 14.3 Å². The van der Waals surface area contributed by atoms with E-state index in [1.54, 1.807) is 20.3 Å². The van der Waals surface area contributed by atoms with Crippen LogP contribution in [0.5, 0.6) is 17.2 Å². The Morgan fingerprint density at radius 1 is 0.906 bits per heavy atom. The maximum Gasteiger partial charge on any atom is 0.330 e. The number of para-hydroxylation sites is 1. The summed E-state index contributed by atoms with van der Waals surface area (Å²) in [6.07, 6.45) is 0.822. The second-order valence-electron chi connectivity index (χ2n) is 7.06. The molecule has 0 unspecified atom stereocenters. The molecule has 1 heterocycles. The Morgan fingerprint density at radius 3 is 2.22 bits per heavy atom. The predicted molar refractivity (Wildman–Crippen MR) is 121 cm³/mol. The van der Waals surface area contributed by atoms with Crippen molar-refractivity contribution >= 4 is 0 Å². The number of hydrogen-bond donors (Lipinski definition) is 1. The summed E-state index contributed by atoms with van der Waals surface area (Å²) < 4.78 is 23.5. The molecule has 32 heavy (non-hydrogen) atoms. The van der Waals surface area contributed by atoms with Crippen molar-refractivity contribution in [3.8, 4) is 17.2 Å². The fourth-order valence-electron chi connectivity index (χ4n) is 3.41. The average molecular weight is 440 g/mol. The Morgan fingerprint density at radius 2 is 1.59 bits per heavy atom. The molecule has 0 aliphatic heterocycles. The normalized spacial score (nSPS) is 10.7. The van der Waals surface area contributed by atoms with Gasteiger partial charge in [0.25, 0.3) is 5.56 Å². The zero-order valence-corrected chi connectivity index (χ0v) is 18.6. The Hall–Kier alpha value is -3.52. The quantitative estimate of drug-likeness (QED) is 0.461. The third-order valence-corrected chi connectivity index (χ3v) is 5.01. The van der Waals surface area contributed by atoms with Gasteiger partial charge >= 0.3 is 5.69 Å². The van der Waals surface area contributed by atoms with Gasteiger partial charge in [-0.2, -0.15) is 0 Å². The molecule has 0 saturated carbocycles. The molecule has 0 amide bonds. The Labute approximate surface area is 186 Å². The van der Waals surface area contributed by atoms with E-state index in [4.69, 9.17) is 18.9 Å². The van der Waals surface area contributed by atoms with Crippen LogP contribution in [0.15, 0.2) is 58.1 Å². The molecule has 2 aromatic carbocycles. The highest BCUT2D eigenvalue weighted by molar-refractivity contribution is 5.40. The molecule has 0 radical (unpaired) electrons. The van der Waals surface area contributed by atoms with Crippen molar-refractivity contribution in [1.82, 2.24) is 9.55 Å². The van der Waals surface area contributed by atoms with E-state index in [-0.39, 0.29) is 18.9 Å². The van der Waals surface area contributed by atoms with Gasteiger partial charge in [-0.05, 0) is 36.2 Å². The third-order valence-electron chi connectivity index (χ3n) is 5.01. The highest BCUT2D eigenvalue weighted by Crippen LogP contribution is 2.24. The third kappa shape index (κ3) is 5.79. The Balaban J connectivity index is 1.80. The van der Waals surface area contributed by atoms with E-state index < -0.39 is 5.69 Å². The molecule has 0 spiro atoms. The van der Waals surface area contributed by atoms with E-state index in [2.05, 4.69) is 4.98 Å². The molecule has 8 heteroatoms. The highest BCUT2D eigenvalue weighted by atomic mass is 16.5. The second kappa shape index (κ2) is 11.2. The zero-order chi connectivity index (χ0) is 22.9. The number of nitrogens with one attached hydrogen (secondary N) is 1. The van der Waals surface area contributed by atoms with Gasteiger partial charge < -0.3 is 18.9 Å². The minimum atomic E-state index is -0.513. The van der Waals surface area contributed by atoms with Crippen LogP contribution in [0, 0.1) is 0 Å². The van der Waals surface area contributed by atoms with Crippen molar-refractivity contribution in [1.29, 1.82) is 0 Å². The highest BCUT2D eigenvalue weighted by Gasteiger charge is 2.15. The number of ether oxygens (including phenoxy) is 4. The van der Waals surface area contributed by atoms with Crippen molar-refractivity contribution < 1.29 is 18.9 Å². The molecule has 0 saturated heterocycles. The van der Waals surface area contributed by atoms with E-state index in [1.807, 2.05) is 49.4 Å². The standard InChI is InChI=1S/C24H28N2O6/c1-4-21-22(14-17-12-19(29-2)15-20(13-17)30-3)26(24(28)25-23(21)27)16-31-10-11-32-18-8-6-5-7-9-18/h5-9,12-13,15H,4,10-11,14,16H2,1-3H3,(H,25,27,28). The molecule has 0 bridgehead atoms. The lowest BCUT2D eigenvalue weighted by Gasteiger charge is -2.17. The van der Waals surface area contributed by atoms with Crippen LogP contribution >= 0.6 is 0 Å². The molecule has 1 N–H and O–H groups in total. The zero-order valence-electron chi connectivity index (χ0n) is 18.6. The monoisotopic (exact) mass is 440 g/mol. The first-order valence-corrected chi connectivity index (χ1v) is 10.4. The molecule has 170 valence electrons. The maximum absolute atomic E-state index is 12.6. The minimum absolute atomic E-state index is 0.00278. The van der Waals surface area contributed by atoms with Gasteiger partial charge in [0, 0.05) is 23.7 Å². The summed E-state index contributed by atoms with van der Waals surface area (Å²) in [5.41, 5.74) is 1.09. The number of hydrogen-bond acceptors (Lipinski definition) is 6. The molecule has 0 fully saturated rings. The lowest BCUT2D eigenvalue weighted by Crippen LogP contribution is -2.36. The van der Waals surface area contributed by atoms with Crippen molar-refractivity contribution in [3.05, 3.63) is 86.2 Å². The first kappa shape index (κ1) is 23.1. The van der Waals surface area contributed by atoms with Crippen LogP contribution in [0.25, 0.3) is 0 Å². The Bertz CT molecular complexity index is 1120. The smallest absolute Gasteiger partial charge is 0.330 e. The van der Waals surface area contributed by atoms with Crippen LogP contribution in [0.1, 0.15) is 23.7 Å². The minimum Gasteiger partial charge on any atom is -0.497 e. The number of aromatic nitrogens is 2. The number of methoxy groups -OCH3 is 2. The first-order valence-electron chi connectivity index (χ1n) is 10.4. The van der Waals surface area contributed by atoms with E-state index in [0.29, 0.717) is 42.2 Å². The lowest BCUT2D eigenvalue weighted by molar-refractivity contribution is 0.0497. The predicted octanol–water partition coefficient (Wildman–Crippen LogP) is 2.76. The van der Waals surface area contributed by atoms with Crippen molar-refractivity contribution in [3.63, 3.8) is 0 Å². The lowest BCUT2D eigenvalue weighted by atomic mass is 10.0. The fourth-order valence-corrected chi connectivity index (χ4v) is 3.41. The molecule has 1 aromatic heterocycles. The fraction of sp³-hybridized carbons (Fsp3) is 0.333. The van der Waals surface area contributed by atoms with Gasteiger partial charge in [0.05, 0.1) is 20.8 Å². The van der Waals surface area contributed by atoms with Gasteiger partial charge in [0.2, 0.25) is 0 Å². The summed E-state index contributed by atoms with van der Waals surface area (Å²) in [5.74, 6) is 2.01. The maximum atomic E-state index is 12.6. The van der Waals surface area contributed by atoms with Crippen LogP contribution < -0.4 is 25.5 Å². The van der Waals surface area contributed by atoms with Crippen LogP contribution in [0.2, 0.25) is 0 Å². The van der Waals surface area contributed by atoms with Crippen LogP contribution in [-0.2, 0) is 24.3 Å². The summed E-state index contributed by atoms with van der Waals surface area (Å²) in [5, 5.41) is 0. The number of H-pyrrole nitrogens is 1. The van der Waals surface area contributed by atoms with E-state index >= 15 is 0 Å². The summed E-state index contributed by atoms with van der Waals surface area (Å²) in [4.78, 5) is 27.4. The molecule has 8 nitrogen and oxygen atoms in total. The second-order valence-corrected chi connectivity index (χ2v) is 7.06. The number of nitrogens with zero attached hydrogens (tertiary/aromatic N) is 1. The largest absolute Gasteiger partial charge is 0.497 e. The molecular weight excluding hydrogens is 412 g/mol. The van der Waals surface area contributed by atoms with Gasteiger partial charge in [0.1, 0.15) is 30.6 Å². The van der Waals surface area contributed by atoms with Gasteiger partial charge in [0.15, 0.2) is 0 Å². The van der Waals surface area contributed by atoms with Crippen LogP contribution in [-0.4, -0.2) is 37.0 Å². The van der Waals surface area contributed by atoms with E-state index in [1.165, 1.54) is 4.57 Å². The number of aromatic amines is 1. The molecule has 3 rings (SSSR count). The summed E-state index contributed by atoms with van der Waals surface area (Å²) in [6.45, 7) is 2.50. The van der Waals surface area contributed by atoms with Crippen molar-refractivity contribution in [2.24, 2.45) is 0 Å². The van der Waals surface area contributed by atoms with E-state index in [0.717, 1.165) is 11.3 Å². The van der Waals surface area contributed by atoms with E-state index in [9.17, 15) is 9.59 Å². The topological polar surface area (TPSA) is 91.8 Å². The van der Waals surface area contributed by atoms with Crippen molar-refractivity contribution in [2.45, 2.75) is 26.5 Å². The van der Waals surface area contributed by atoms with Crippen LogP contribution in [0.3, 0.4) is 0 Å². The number of benzene rings is 2. The average Bonchev–Trinajstić information content (AvgIpc) is 2.81. The SMILES string of the molecule is CCc1c(Cc2cc(OC)cc(OC)c2)n(COCCOc2ccccc2)c(=O)[nH]c1=O. The molecule has 0 aliphatic carbocycles. The Kier molecular flexibility index (Phi) is 8.10. The summed E-state index contributed by atoms with van der Waals surface area (Å²) >= 11 is 0. The van der Waals surface area contributed by atoms with Crippen LogP contribution in [0.4, 0.5) is 0 Å². The summed E-state index contributed by atoms with van der Waals surface area (Å²) in [6, 6.07) is 14.9.